The van der Waals surface area contributed by atoms with Crippen molar-refractivity contribution < 1.29 is 9.47 Å². The van der Waals surface area contributed by atoms with E-state index >= 15 is 0 Å². The molecule has 3 aromatic rings. The van der Waals surface area contributed by atoms with Crippen molar-refractivity contribution in [2.45, 2.75) is 17.5 Å². The number of H-pyrrole nitrogens is 1. The van der Waals surface area contributed by atoms with E-state index in [9.17, 15) is 4.79 Å². The van der Waals surface area contributed by atoms with E-state index in [0.717, 1.165) is 16.7 Å². The quantitative estimate of drug-likeness (QED) is 0.688. The van der Waals surface area contributed by atoms with Gasteiger partial charge in [-0.2, -0.15) is 0 Å². The smallest absolute Gasteiger partial charge is 0.278 e. The summed E-state index contributed by atoms with van der Waals surface area (Å²) < 4.78 is 10.7. The number of nitrogens with zero attached hydrogens (tertiary/aromatic N) is 2. The van der Waals surface area contributed by atoms with Crippen LogP contribution in [-0.2, 0) is 17.1 Å². The molecule has 4 rings (SSSR count). The molecule has 2 aromatic carbocycles. The van der Waals surface area contributed by atoms with Gasteiger partial charge in [0.2, 0.25) is 0 Å². The van der Waals surface area contributed by atoms with Crippen LogP contribution >= 0.6 is 23.4 Å². The predicted molar refractivity (Wildman–Crippen MR) is 99.4 cm³/mol. The van der Waals surface area contributed by atoms with Gasteiger partial charge in [0, 0.05) is 16.9 Å². The van der Waals surface area contributed by atoms with Crippen LogP contribution < -0.4 is 10.3 Å². The predicted octanol–water partition coefficient (Wildman–Crippen LogP) is 3.64. The Morgan fingerprint density at radius 3 is 2.85 bits per heavy atom. The molecule has 0 bridgehead atoms. The Labute approximate surface area is 158 Å². The fourth-order valence-electron chi connectivity index (χ4n) is 2.64. The van der Waals surface area contributed by atoms with Crippen LogP contribution in [0.5, 0.6) is 5.75 Å². The van der Waals surface area contributed by atoms with Gasteiger partial charge in [0.25, 0.3) is 5.56 Å². The van der Waals surface area contributed by atoms with E-state index in [4.69, 9.17) is 21.1 Å². The van der Waals surface area contributed by atoms with E-state index in [0.29, 0.717) is 34.0 Å². The number of aromatic nitrogens is 3. The molecule has 0 spiro atoms. The van der Waals surface area contributed by atoms with Crippen LogP contribution in [0.4, 0.5) is 0 Å². The number of hydrogen-bond donors (Lipinski definition) is 1. The summed E-state index contributed by atoms with van der Waals surface area (Å²) in [4.78, 5) is 15.0. The summed E-state index contributed by atoms with van der Waals surface area (Å²) in [5.74, 6) is 1.26. The number of fused-ring (bicyclic) bond motifs is 1. The van der Waals surface area contributed by atoms with E-state index in [2.05, 4.69) is 15.2 Å². The van der Waals surface area contributed by atoms with Crippen molar-refractivity contribution in [3.8, 4) is 17.0 Å². The van der Waals surface area contributed by atoms with E-state index < -0.39 is 0 Å². The molecule has 1 aromatic heterocycles. The Bertz CT molecular complexity index is 995. The molecule has 0 aliphatic carbocycles. The van der Waals surface area contributed by atoms with Gasteiger partial charge in [-0.25, -0.2) is 0 Å². The van der Waals surface area contributed by atoms with Crippen LogP contribution in [0.3, 0.4) is 0 Å². The number of rotatable bonds is 4. The number of hydrogen-bond acceptors (Lipinski definition) is 6. The summed E-state index contributed by atoms with van der Waals surface area (Å²) >= 11 is 7.65. The molecule has 1 aliphatic heterocycles. The molecule has 6 nitrogen and oxygen atoms in total. The molecule has 8 heteroatoms. The lowest BCUT2D eigenvalue weighted by atomic mass is 10.1. The Hall–Kier alpha value is -2.35. The van der Waals surface area contributed by atoms with Crippen molar-refractivity contribution in [1.82, 2.24) is 15.2 Å². The molecule has 0 unspecified atom stereocenters. The average molecular weight is 388 g/mol. The highest BCUT2D eigenvalue weighted by atomic mass is 35.5. The van der Waals surface area contributed by atoms with E-state index in [1.54, 1.807) is 0 Å². The van der Waals surface area contributed by atoms with Crippen molar-refractivity contribution in [3.05, 3.63) is 69.0 Å². The highest BCUT2D eigenvalue weighted by molar-refractivity contribution is 7.98. The lowest BCUT2D eigenvalue weighted by Crippen LogP contribution is -2.14. The molecule has 0 atom stereocenters. The van der Waals surface area contributed by atoms with Crippen LogP contribution in [0, 0.1) is 0 Å². The van der Waals surface area contributed by atoms with E-state index in [-0.39, 0.29) is 12.4 Å². The van der Waals surface area contributed by atoms with E-state index in [1.165, 1.54) is 11.8 Å². The van der Waals surface area contributed by atoms with Crippen LogP contribution in [-0.4, -0.2) is 22.0 Å². The maximum atomic E-state index is 12.3. The highest BCUT2D eigenvalue weighted by Gasteiger charge is 2.16. The fourth-order valence-corrected chi connectivity index (χ4v) is 3.69. The molecule has 0 amide bonds. The van der Waals surface area contributed by atoms with Crippen LogP contribution in [0.15, 0.2) is 52.4 Å². The Balaban J connectivity index is 1.51. The van der Waals surface area contributed by atoms with Gasteiger partial charge < -0.3 is 9.47 Å². The van der Waals surface area contributed by atoms with Crippen LogP contribution in [0.2, 0.25) is 5.02 Å². The van der Waals surface area contributed by atoms with Crippen molar-refractivity contribution in [2.24, 2.45) is 0 Å². The van der Waals surface area contributed by atoms with Crippen molar-refractivity contribution in [2.75, 3.05) is 6.79 Å². The van der Waals surface area contributed by atoms with Gasteiger partial charge >= 0.3 is 0 Å². The highest BCUT2D eigenvalue weighted by Crippen LogP contribution is 2.34. The van der Waals surface area contributed by atoms with Crippen molar-refractivity contribution in [3.63, 3.8) is 0 Å². The zero-order chi connectivity index (χ0) is 17.9. The minimum Gasteiger partial charge on any atom is -0.466 e. The largest absolute Gasteiger partial charge is 0.466 e. The minimum absolute atomic E-state index is 0.214. The van der Waals surface area contributed by atoms with Gasteiger partial charge in [-0.15, -0.1) is 10.2 Å². The summed E-state index contributed by atoms with van der Waals surface area (Å²) in [7, 11) is 0. The number of aromatic amines is 1. The summed E-state index contributed by atoms with van der Waals surface area (Å²) in [5, 5.41) is 9.19. The lowest BCUT2D eigenvalue weighted by Gasteiger charge is -2.19. The third kappa shape index (κ3) is 3.60. The third-order valence-electron chi connectivity index (χ3n) is 3.82. The number of benzene rings is 2. The van der Waals surface area contributed by atoms with Gasteiger partial charge in [-0.05, 0) is 17.7 Å². The number of ether oxygens (including phenoxy) is 2. The maximum Gasteiger partial charge on any atom is 0.278 e. The first kappa shape index (κ1) is 17.1. The first-order chi connectivity index (χ1) is 12.7. The van der Waals surface area contributed by atoms with Crippen LogP contribution in [0.25, 0.3) is 11.3 Å². The van der Waals surface area contributed by atoms with Gasteiger partial charge in [0.1, 0.15) is 5.75 Å². The molecule has 0 fully saturated rings. The Morgan fingerprint density at radius 1 is 1.19 bits per heavy atom. The third-order valence-corrected chi connectivity index (χ3v) is 5.04. The molecule has 0 saturated carbocycles. The average Bonchev–Trinajstić information content (AvgIpc) is 2.67. The molecule has 2 heterocycles. The summed E-state index contributed by atoms with van der Waals surface area (Å²) in [6, 6.07) is 13.1. The number of nitrogens with one attached hydrogen (secondary N) is 1. The van der Waals surface area contributed by atoms with E-state index in [1.807, 2.05) is 42.5 Å². The molecule has 0 radical (unpaired) electrons. The zero-order valence-corrected chi connectivity index (χ0v) is 15.1. The van der Waals surface area contributed by atoms with Crippen molar-refractivity contribution in [1.29, 1.82) is 0 Å². The lowest BCUT2D eigenvalue weighted by molar-refractivity contribution is -0.0163. The summed E-state index contributed by atoms with van der Waals surface area (Å²) in [6.07, 6.45) is 0. The molecular weight excluding hydrogens is 374 g/mol. The minimum atomic E-state index is -0.265. The van der Waals surface area contributed by atoms with Gasteiger partial charge in [0.15, 0.2) is 17.6 Å². The first-order valence-electron chi connectivity index (χ1n) is 7.88. The molecule has 0 saturated heterocycles. The standard InChI is InChI=1S/C18H14ClN3O3S/c19-14-7-11(6-13-8-24-10-25-16(13)14)9-26-18-20-17(23)15(21-22-18)12-4-2-1-3-5-12/h1-7H,8-10H2,(H,20,22,23). The van der Waals surface area contributed by atoms with Gasteiger partial charge in [-0.3, -0.25) is 9.78 Å². The monoisotopic (exact) mass is 387 g/mol. The fraction of sp³-hybridized carbons (Fsp3) is 0.167. The molecule has 26 heavy (non-hydrogen) atoms. The second-order valence-electron chi connectivity index (χ2n) is 5.64. The number of thioether (sulfide) groups is 1. The Kier molecular flexibility index (Phi) is 4.92. The van der Waals surface area contributed by atoms with Crippen LogP contribution in [0.1, 0.15) is 11.1 Å². The molecule has 1 aliphatic rings. The Morgan fingerprint density at radius 2 is 2.04 bits per heavy atom. The first-order valence-corrected chi connectivity index (χ1v) is 9.24. The summed E-state index contributed by atoms with van der Waals surface area (Å²) in [6.45, 7) is 0.682. The summed E-state index contributed by atoms with van der Waals surface area (Å²) in [5.41, 5.74) is 2.68. The van der Waals surface area contributed by atoms with Gasteiger partial charge in [0.05, 0.1) is 11.6 Å². The molecule has 1 N–H and O–H groups in total. The SMILES string of the molecule is O=c1[nH]c(SCc2cc(Cl)c3c(c2)COCO3)nnc1-c1ccccc1. The molecular formula is C18H14ClN3O3S. The normalized spacial score (nSPS) is 13.1. The zero-order valence-electron chi connectivity index (χ0n) is 13.6. The molecule has 132 valence electrons. The maximum absolute atomic E-state index is 12.3. The second-order valence-corrected chi connectivity index (χ2v) is 7.01. The topological polar surface area (TPSA) is 77.1 Å². The number of halogens is 1. The second kappa shape index (κ2) is 7.49. The van der Waals surface area contributed by atoms with Gasteiger partial charge in [-0.1, -0.05) is 53.7 Å². The van der Waals surface area contributed by atoms with Crippen molar-refractivity contribution >= 4 is 23.4 Å².